The second kappa shape index (κ2) is 8.88. The van der Waals surface area contributed by atoms with Crippen LogP contribution in [0, 0.1) is 0 Å². The first-order chi connectivity index (χ1) is 2.73. The molecule has 0 unspecified atom stereocenters. The van der Waals surface area contributed by atoms with E-state index in [-0.39, 0.29) is 0 Å². The third-order valence-corrected chi connectivity index (χ3v) is 0. The molecule has 0 heterocycles. The maximum Gasteiger partial charge on any atom is 0.762 e. The predicted octanol–water partition coefficient (Wildman–Crippen LogP) is 0.118. The van der Waals surface area contributed by atoms with Gasteiger partial charge in [-0.15, -0.1) is 0 Å². The van der Waals surface area contributed by atoms with Crippen LogP contribution in [-0.2, 0) is 0 Å². The molecule has 0 N–H and O–H groups in total. The van der Waals surface area contributed by atoms with Gasteiger partial charge in [-0.3, -0.25) is 12.9 Å². The van der Waals surface area contributed by atoms with Crippen LogP contribution in [0.4, 0.5) is 12.9 Å². The van der Waals surface area contributed by atoms with Crippen molar-refractivity contribution in [1.29, 1.82) is 0 Å². The van der Waals surface area contributed by atoms with Gasteiger partial charge in [0, 0.05) is 15.5 Å². The topological polar surface area (TPSA) is 0 Å². The van der Waals surface area contributed by atoms with Crippen molar-refractivity contribution in [1.82, 2.24) is 0 Å². The van der Waals surface area contributed by atoms with Crippen molar-refractivity contribution in [3.05, 3.63) is 0 Å². The third kappa shape index (κ3) is 154000. The van der Waals surface area contributed by atoms with E-state index in [1.807, 2.05) is 0 Å². The minimum absolute atomic E-state index is 3.67. The van der Waals surface area contributed by atoms with Crippen LogP contribution in [0.15, 0.2) is 0 Å². The van der Waals surface area contributed by atoms with Crippen molar-refractivity contribution in [2.75, 3.05) is 0 Å². The van der Waals surface area contributed by atoms with Gasteiger partial charge in [-0.05, 0) is 0 Å². The highest BCUT2D eigenvalue weighted by Crippen LogP contribution is 1.80. The molecule has 0 aromatic carbocycles. The largest absolute Gasteiger partial charge is 0.762 e. The first-order valence-corrected chi connectivity index (χ1v) is 0.988. The maximum atomic E-state index is 9.67. The molecular formula is B3F3. The van der Waals surface area contributed by atoms with Gasteiger partial charge in [-0.1, -0.05) is 0 Å². The molecule has 0 aliphatic carbocycles. The second-order valence-corrected chi connectivity index (χ2v) is 0.247. The van der Waals surface area contributed by atoms with Gasteiger partial charge < -0.3 is 0 Å². The van der Waals surface area contributed by atoms with Crippen molar-refractivity contribution in [2.45, 2.75) is 0 Å². The van der Waals surface area contributed by atoms with Gasteiger partial charge in [0.2, 0.25) is 0 Å². The summed E-state index contributed by atoms with van der Waals surface area (Å²) in [6.07, 6.45) is 0. The average Bonchev–Trinajstić information content (AvgIpc) is 1.41. The van der Waals surface area contributed by atoms with Gasteiger partial charge in [0.05, 0.1) is 0 Å². The highest BCUT2D eigenvalue weighted by molar-refractivity contribution is 6.75. The lowest BCUT2D eigenvalue weighted by Crippen LogP contribution is -1.76. The molecule has 0 atom stereocenters. The number of hydrogen-bond acceptors (Lipinski definition) is 0. The summed E-state index contributed by atoms with van der Waals surface area (Å²) in [5, 5.41) is 0. The molecule has 6 heteroatoms. The summed E-state index contributed by atoms with van der Waals surface area (Å²) in [6, 6.07) is 0. The lowest BCUT2D eigenvalue weighted by Gasteiger charge is -1.55. The quantitative estimate of drug-likeness (QED) is 0.370. The van der Waals surface area contributed by atoms with Crippen molar-refractivity contribution in [3.8, 4) is 0 Å². The molecule has 0 aliphatic heterocycles. The highest BCUT2D eigenvalue weighted by atomic mass is 19.4. The first-order valence-electron chi connectivity index (χ1n) is 0.988. The summed E-state index contributed by atoms with van der Waals surface area (Å²) >= 11 is 0. The second-order valence-electron chi connectivity index (χ2n) is 0.247. The van der Waals surface area contributed by atoms with Gasteiger partial charge in [0.25, 0.3) is 0 Å². The van der Waals surface area contributed by atoms with Crippen LogP contribution in [0.5, 0.6) is 0 Å². The summed E-state index contributed by atoms with van der Waals surface area (Å²) in [5.41, 5.74) is 0. The molecule has 4 radical (unpaired) electrons. The van der Waals surface area contributed by atoms with E-state index in [0.717, 1.165) is 0 Å². The fourth-order valence-corrected chi connectivity index (χ4v) is 0. The van der Waals surface area contributed by atoms with Gasteiger partial charge >= 0.3 is 7.54 Å². The maximum absolute atomic E-state index is 9.67. The van der Waals surface area contributed by atoms with E-state index in [2.05, 4.69) is 15.5 Å². The van der Waals surface area contributed by atoms with E-state index >= 15 is 0 Å². The van der Waals surface area contributed by atoms with E-state index in [1.54, 1.807) is 0 Å². The molecule has 0 aliphatic rings. The monoisotopic (exact) mass is 90.0 g/mol. The molecule has 0 fully saturated rings. The molecule has 0 rings (SSSR count). The SMILES string of the molecule is FB(F)F.[B][B]. The Balaban J connectivity index is 0. The first kappa shape index (κ1) is 9.37. The zero-order chi connectivity index (χ0) is 5.58. The van der Waals surface area contributed by atoms with Crippen molar-refractivity contribution >= 4 is 23.0 Å². The highest BCUT2D eigenvalue weighted by Gasteiger charge is 2.06. The smallest absolute Gasteiger partial charge is 0.254 e. The molecule has 0 spiro atoms. The van der Waals surface area contributed by atoms with Crippen LogP contribution in [0.25, 0.3) is 0 Å². The van der Waals surface area contributed by atoms with E-state index in [4.69, 9.17) is 0 Å². The number of halogens is 3. The van der Waals surface area contributed by atoms with E-state index in [0.29, 0.717) is 0 Å². The summed E-state index contributed by atoms with van der Waals surface area (Å²) in [7, 11) is 4.33. The van der Waals surface area contributed by atoms with Gasteiger partial charge in [0.15, 0.2) is 0 Å². The fraction of sp³-hybridized carbons (Fsp3) is 0. The van der Waals surface area contributed by atoms with Crippen LogP contribution >= 0.6 is 0 Å². The minimum Gasteiger partial charge on any atom is -0.254 e. The van der Waals surface area contributed by atoms with Crippen LogP contribution < -0.4 is 0 Å². The number of hydrogen-bond donors (Lipinski definition) is 0. The van der Waals surface area contributed by atoms with Crippen LogP contribution in [0.3, 0.4) is 0 Å². The summed E-state index contributed by atoms with van der Waals surface area (Å²) in [6.45, 7) is 0. The molecule has 0 aromatic heterocycles. The van der Waals surface area contributed by atoms with Crippen LogP contribution in [0.1, 0.15) is 0 Å². The van der Waals surface area contributed by atoms with Gasteiger partial charge in [-0.25, -0.2) is 0 Å². The van der Waals surface area contributed by atoms with Crippen LogP contribution in [0.2, 0.25) is 0 Å². The molecule has 6 heavy (non-hydrogen) atoms. The molecule has 0 amide bonds. The Kier molecular flexibility index (Phi) is 13.9. The standard InChI is InChI=1S/B2.BF3/c1-2;2-1(3)4. The molecule has 0 saturated carbocycles. The summed E-state index contributed by atoms with van der Waals surface area (Å²) in [4.78, 5) is 0. The minimum atomic E-state index is -3.67. The lowest BCUT2D eigenvalue weighted by atomic mass is 9.81. The predicted molar refractivity (Wildman–Crippen MR) is 20.6 cm³/mol. The zero-order valence-corrected chi connectivity index (χ0v) is 2.87. The molecule has 0 nitrogen and oxygen atoms in total. The Morgan fingerprint density at radius 1 is 1.00 bits per heavy atom. The Morgan fingerprint density at radius 3 is 1.00 bits per heavy atom. The van der Waals surface area contributed by atoms with Gasteiger partial charge in [-0.2, -0.15) is 0 Å². The third-order valence-electron chi connectivity index (χ3n) is 0. The Bertz CT molecular complexity index is 10.8. The molecular weight excluding hydrogens is 89.4 g/mol. The Labute approximate surface area is 37.1 Å². The van der Waals surface area contributed by atoms with Crippen LogP contribution in [-0.4, -0.2) is 23.0 Å². The van der Waals surface area contributed by atoms with E-state index < -0.39 is 7.54 Å². The van der Waals surface area contributed by atoms with Crippen molar-refractivity contribution in [3.63, 3.8) is 0 Å². The average molecular weight is 89.4 g/mol. The molecule has 0 bridgehead atoms. The summed E-state index contributed by atoms with van der Waals surface area (Å²) < 4.78 is 29.0. The molecule has 30 valence electrons. The fourth-order valence-electron chi connectivity index (χ4n) is 0. The summed E-state index contributed by atoms with van der Waals surface area (Å²) in [5.74, 6) is 0. The van der Waals surface area contributed by atoms with Crippen molar-refractivity contribution in [2.24, 2.45) is 0 Å². The number of rotatable bonds is 0. The Morgan fingerprint density at radius 2 is 1.00 bits per heavy atom. The molecule has 0 aromatic rings. The van der Waals surface area contributed by atoms with E-state index in [1.165, 1.54) is 0 Å². The lowest BCUT2D eigenvalue weighted by molar-refractivity contribution is 0.535. The molecule has 0 saturated heterocycles. The van der Waals surface area contributed by atoms with Gasteiger partial charge in [0.1, 0.15) is 0 Å². The zero-order valence-electron chi connectivity index (χ0n) is 2.87. The van der Waals surface area contributed by atoms with Crippen molar-refractivity contribution < 1.29 is 12.9 Å². The normalized spacial score (nSPS) is 5.17. The van der Waals surface area contributed by atoms with E-state index in [9.17, 15) is 12.9 Å². The Hall–Kier alpha value is -0.0152.